The molecule has 6 heteroatoms. The maximum absolute atomic E-state index is 12.6. The van der Waals surface area contributed by atoms with Gasteiger partial charge in [0.25, 0.3) is 0 Å². The average molecular weight is 364 g/mol. The van der Waals surface area contributed by atoms with Crippen LogP contribution in [-0.4, -0.2) is 44.4 Å². The predicted molar refractivity (Wildman–Crippen MR) is 102 cm³/mol. The van der Waals surface area contributed by atoms with Crippen LogP contribution in [-0.2, 0) is 11.2 Å². The number of hydrogen-bond donors (Lipinski definition) is 2. The van der Waals surface area contributed by atoms with Crippen molar-refractivity contribution in [2.75, 3.05) is 21.3 Å². The zero-order valence-corrected chi connectivity index (χ0v) is 17.0. The second kappa shape index (κ2) is 7.74. The number of piperidine rings is 1. The van der Waals surface area contributed by atoms with E-state index in [0.717, 1.165) is 18.4 Å². The van der Waals surface area contributed by atoms with Gasteiger partial charge in [0, 0.05) is 17.1 Å². The van der Waals surface area contributed by atoms with Gasteiger partial charge in [0.15, 0.2) is 11.5 Å². The lowest BCUT2D eigenvalue weighted by molar-refractivity contribution is -0.121. The summed E-state index contributed by atoms with van der Waals surface area (Å²) in [5.74, 6) is 1.64. The maximum atomic E-state index is 12.6. The average Bonchev–Trinajstić information content (AvgIpc) is 2.50. The second-order valence-corrected chi connectivity index (χ2v) is 8.28. The van der Waals surface area contributed by atoms with E-state index >= 15 is 0 Å². The van der Waals surface area contributed by atoms with Gasteiger partial charge in [-0.2, -0.15) is 0 Å². The van der Waals surface area contributed by atoms with E-state index in [2.05, 4.69) is 38.3 Å². The Bertz CT molecular complexity index is 614. The molecule has 1 saturated heterocycles. The molecule has 6 nitrogen and oxygen atoms in total. The summed E-state index contributed by atoms with van der Waals surface area (Å²) in [7, 11) is 4.70. The monoisotopic (exact) mass is 364 g/mol. The third-order valence-electron chi connectivity index (χ3n) is 4.64. The first-order chi connectivity index (χ1) is 12.1. The largest absolute Gasteiger partial charge is 0.493 e. The molecule has 2 rings (SSSR count). The van der Waals surface area contributed by atoms with E-state index in [0.29, 0.717) is 17.2 Å². The molecule has 0 saturated carbocycles. The predicted octanol–water partition coefficient (Wildman–Crippen LogP) is 2.68. The third-order valence-corrected chi connectivity index (χ3v) is 4.64. The van der Waals surface area contributed by atoms with E-state index in [1.807, 2.05) is 12.1 Å². The van der Waals surface area contributed by atoms with Gasteiger partial charge in [0.2, 0.25) is 11.7 Å². The minimum absolute atomic E-state index is 0.00206. The Kier molecular flexibility index (Phi) is 6.06. The van der Waals surface area contributed by atoms with E-state index < -0.39 is 0 Å². The standard InChI is InChI=1S/C20H32N2O4/c1-19(2)11-14(12-20(3,4)22-19)21-17(23)10-13-8-15(24-5)18(26-7)16(9-13)25-6/h8-9,14,22H,10-12H2,1-7H3,(H,21,23). The Morgan fingerprint density at radius 3 is 1.96 bits per heavy atom. The van der Waals surface area contributed by atoms with Crippen molar-refractivity contribution in [2.45, 2.75) is 64.1 Å². The summed E-state index contributed by atoms with van der Waals surface area (Å²) in [4.78, 5) is 12.6. The highest BCUT2D eigenvalue weighted by atomic mass is 16.5. The topological polar surface area (TPSA) is 68.8 Å². The summed E-state index contributed by atoms with van der Waals surface area (Å²) in [6, 6.07) is 3.78. The van der Waals surface area contributed by atoms with Crippen LogP contribution in [0.25, 0.3) is 0 Å². The number of rotatable bonds is 6. The summed E-state index contributed by atoms with van der Waals surface area (Å²) in [6.45, 7) is 8.69. The molecule has 1 aromatic carbocycles. The number of ether oxygens (including phenoxy) is 3. The lowest BCUT2D eigenvalue weighted by Gasteiger charge is -2.46. The molecule has 1 aliphatic rings. The minimum Gasteiger partial charge on any atom is -0.493 e. The lowest BCUT2D eigenvalue weighted by atomic mass is 9.79. The molecule has 26 heavy (non-hydrogen) atoms. The van der Waals surface area contributed by atoms with Gasteiger partial charge < -0.3 is 24.8 Å². The van der Waals surface area contributed by atoms with Gasteiger partial charge in [-0.15, -0.1) is 0 Å². The van der Waals surface area contributed by atoms with Gasteiger partial charge in [0.05, 0.1) is 27.8 Å². The van der Waals surface area contributed by atoms with Gasteiger partial charge in [-0.25, -0.2) is 0 Å². The van der Waals surface area contributed by atoms with E-state index in [4.69, 9.17) is 14.2 Å². The Morgan fingerprint density at radius 2 is 1.54 bits per heavy atom. The molecule has 146 valence electrons. The van der Waals surface area contributed by atoms with E-state index in [1.54, 1.807) is 21.3 Å². The fourth-order valence-corrected chi connectivity index (χ4v) is 4.13. The van der Waals surface area contributed by atoms with Crippen LogP contribution in [0.5, 0.6) is 17.2 Å². The molecular formula is C20H32N2O4. The smallest absolute Gasteiger partial charge is 0.224 e. The highest BCUT2D eigenvalue weighted by Crippen LogP contribution is 2.38. The van der Waals surface area contributed by atoms with Crippen LogP contribution in [0, 0.1) is 0 Å². The van der Waals surface area contributed by atoms with Crippen LogP contribution in [0.4, 0.5) is 0 Å². The molecule has 1 aliphatic heterocycles. The SMILES string of the molecule is COc1cc(CC(=O)NC2CC(C)(C)NC(C)(C)C2)cc(OC)c1OC. The summed E-state index contributed by atoms with van der Waals surface area (Å²) in [5.41, 5.74) is 0.808. The Labute approximate surface area is 156 Å². The fourth-order valence-electron chi connectivity index (χ4n) is 4.13. The molecule has 2 N–H and O–H groups in total. The highest BCUT2D eigenvalue weighted by molar-refractivity contribution is 5.79. The first kappa shape index (κ1) is 20.4. The number of carbonyl (C=O) groups excluding carboxylic acids is 1. The molecule has 0 radical (unpaired) electrons. The van der Waals surface area contributed by atoms with Crippen molar-refractivity contribution in [1.29, 1.82) is 0 Å². The van der Waals surface area contributed by atoms with E-state index in [1.165, 1.54) is 0 Å². The quantitative estimate of drug-likeness (QED) is 0.812. The van der Waals surface area contributed by atoms with Crippen molar-refractivity contribution in [2.24, 2.45) is 0 Å². The number of amides is 1. The molecule has 0 atom stereocenters. The molecule has 0 aliphatic carbocycles. The summed E-state index contributed by atoms with van der Waals surface area (Å²) >= 11 is 0. The zero-order chi connectivity index (χ0) is 19.5. The second-order valence-electron chi connectivity index (χ2n) is 8.28. The molecule has 1 amide bonds. The summed E-state index contributed by atoms with van der Waals surface area (Å²) in [5, 5.41) is 6.82. The van der Waals surface area contributed by atoms with Crippen molar-refractivity contribution >= 4 is 5.91 Å². The highest BCUT2D eigenvalue weighted by Gasteiger charge is 2.38. The number of carbonyl (C=O) groups is 1. The van der Waals surface area contributed by atoms with Crippen molar-refractivity contribution in [3.05, 3.63) is 17.7 Å². The van der Waals surface area contributed by atoms with Crippen LogP contribution in [0.3, 0.4) is 0 Å². The maximum Gasteiger partial charge on any atom is 0.224 e. The Morgan fingerprint density at radius 1 is 1.04 bits per heavy atom. The van der Waals surface area contributed by atoms with Crippen LogP contribution in [0.2, 0.25) is 0 Å². The van der Waals surface area contributed by atoms with Crippen LogP contribution < -0.4 is 24.8 Å². The molecule has 0 aromatic heterocycles. The van der Waals surface area contributed by atoms with Crippen LogP contribution >= 0.6 is 0 Å². The number of nitrogens with one attached hydrogen (secondary N) is 2. The third kappa shape index (κ3) is 5.04. The van der Waals surface area contributed by atoms with Gasteiger partial charge >= 0.3 is 0 Å². The summed E-state index contributed by atoms with van der Waals surface area (Å²) < 4.78 is 16.0. The van der Waals surface area contributed by atoms with E-state index in [9.17, 15) is 4.79 Å². The molecule has 0 unspecified atom stereocenters. The van der Waals surface area contributed by atoms with Crippen molar-refractivity contribution in [1.82, 2.24) is 10.6 Å². The van der Waals surface area contributed by atoms with E-state index in [-0.39, 0.29) is 29.4 Å². The van der Waals surface area contributed by atoms with Crippen molar-refractivity contribution in [3.8, 4) is 17.2 Å². The molecule has 1 aromatic rings. The molecule has 0 bridgehead atoms. The first-order valence-electron chi connectivity index (χ1n) is 8.97. The normalized spacial score (nSPS) is 18.9. The molecule has 1 heterocycles. The molecular weight excluding hydrogens is 332 g/mol. The van der Waals surface area contributed by atoms with Gasteiger partial charge in [-0.05, 0) is 58.2 Å². The lowest BCUT2D eigenvalue weighted by Crippen LogP contribution is -2.62. The minimum atomic E-state index is -0.00769. The Hall–Kier alpha value is -1.95. The van der Waals surface area contributed by atoms with Crippen molar-refractivity contribution < 1.29 is 19.0 Å². The Balaban J connectivity index is 2.10. The van der Waals surface area contributed by atoms with Crippen molar-refractivity contribution in [3.63, 3.8) is 0 Å². The molecule has 0 spiro atoms. The number of methoxy groups -OCH3 is 3. The van der Waals surface area contributed by atoms with Crippen LogP contribution in [0.15, 0.2) is 12.1 Å². The van der Waals surface area contributed by atoms with Gasteiger partial charge in [-0.1, -0.05) is 0 Å². The summed E-state index contributed by atoms with van der Waals surface area (Å²) in [6.07, 6.45) is 2.07. The van der Waals surface area contributed by atoms with Gasteiger partial charge in [-0.3, -0.25) is 4.79 Å². The number of hydrogen-bond acceptors (Lipinski definition) is 5. The first-order valence-corrected chi connectivity index (χ1v) is 8.97. The van der Waals surface area contributed by atoms with Crippen LogP contribution in [0.1, 0.15) is 46.1 Å². The van der Waals surface area contributed by atoms with Gasteiger partial charge in [0.1, 0.15) is 0 Å². The molecule has 1 fully saturated rings. The fraction of sp³-hybridized carbons (Fsp3) is 0.650. The number of benzene rings is 1. The zero-order valence-electron chi connectivity index (χ0n) is 17.0.